The number of carbonyl (C=O) groups excluding carboxylic acids is 1. The summed E-state index contributed by atoms with van der Waals surface area (Å²) in [6.45, 7) is 0. The standard InChI is InChI=1S/C21H19ClN4OS/c22-17-10-4-2-7-15(17)12-13-19(27)24-21-26-25-20(28-21)23-18-11-5-8-14-6-1-3-9-16(14)18/h1-4,6-7,9-10,12-13,18H,5,8,11H2,(H,23,25)(H,24,26,27). The van der Waals surface area contributed by atoms with Gasteiger partial charge in [0, 0.05) is 11.1 Å². The van der Waals surface area contributed by atoms with Gasteiger partial charge in [-0.05, 0) is 48.1 Å². The molecule has 2 aromatic carbocycles. The summed E-state index contributed by atoms with van der Waals surface area (Å²) in [4.78, 5) is 12.1. The number of rotatable bonds is 5. The summed E-state index contributed by atoms with van der Waals surface area (Å²) in [5.74, 6) is -0.273. The molecule has 0 saturated heterocycles. The second-order valence-corrected chi connectivity index (χ2v) is 7.93. The smallest absolute Gasteiger partial charge is 0.250 e. The van der Waals surface area contributed by atoms with Crippen molar-refractivity contribution in [3.63, 3.8) is 0 Å². The lowest BCUT2D eigenvalue weighted by Crippen LogP contribution is -2.17. The van der Waals surface area contributed by atoms with E-state index in [0.29, 0.717) is 15.3 Å². The second kappa shape index (κ2) is 8.54. The van der Waals surface area contributed by atoms with Gasteiger partial charge in [-0.1, -0.05) is 65.4 Å². The zero-order valence-corrected chi connectivity index (χ0v) is 16.6. The van der Waals surface area contributed by atoms with Gasteiger partial charge >= 0.3 is 0 Å². The number of aromatic nitrogens is 2. The van der Waals surface area contributed by atoms with Gasteiger partial charge in [-0.15, -0.1) is 10.2 Å². The monoisotopic (exact) mass is 410 g/mol. The molecular weight excluding hydrogens is 392 g/mol. The molecule has 4 rings (SSSR count). The molecule has 2 N–H and O–H groups in total. The SMILES string of the molecule is O=C(C=Cc1ccccc1Cl)Nc1nnc(NC2CCCc3ccccc32)s1. The Morgan fingerprint density at radius 1 is 1.11 bits per heavy atom. The number of aryl methyl sites for hydroxylation is 1. The van der Waals surface area contributed by atoms with Crippen molar-refractivity contribution in [1.29, 1.82) is 0 Å². The number of fused-ring (bicyclic) bond motifs is 1. The Kier molecular flexibility index (Phi) is 5.69. The van der Waals surface area contributed by atoms with Crippen LogP contribution in [0, 0.1) is 0 Å². The van der Waals surface area contributed by atoms with E-state index in [0.717, 1.165) is 24.8 Å². The second-order valence-electron chi connectivity index (χ2n) is 6.54. The lowest BCUT2D eigenvalue weighted by molar-refractivity contribution is -0.111. The third-order valence-corrected chi connectivity index (χ3v) is 5.76. The fourth-order valence-electron chi connectivity index (χ4n) is 3.31. The van der Waals surface area contributed by atoms with E-state index in [1.54, 1.807) is 12.1 Å². The van der Waals surface area contributed by atoms with E-state index in [1.807, 2.05) is 18.2 Å². The first kappa shape index (κ1) is 18.7. The molecule has 142 valence electrons. The molecule has 28 heavy (non-hydrogen) atoms. The van der Waals surface area contributed by atoms with Gasteiger partial charge in [-0.3, -0.25) is 10.1 Å². The largest absolute Gasteiger partial charge is 0.353 e. The third-order valence-electron chi connectivity index (χ3n) is 4.64. The highest BCUT2D eigenvalue weighted by Gasteiger charge is 2.20. The van der Waals surface area contributed by atoms with Crippen LogP contribution in [0.1, 0.15) is 35.6 Å². The highest BCUT2D eigenvalue weighted by atomic mass is 35.5. The van der Waals surface area contributed by atoms with E-state index >= 15 is 0 Å². The van der Waals surface area contributed by atoms with Crippen molar-refractivity contribution in [2.75, 3.05) is 10.6 Å². The van der Waals surface area contributed by atoms with E-state index in [-0.39, 0.29) is 11.9 Å². The Morgan fingerprint density at radius 3 is 2.79 bits per heavy atom. The summed E-state index contributed by atoms with van der Waals surface area (Å²) in [5.41, 5.74) is 3.49. The molecule has 7 heteroatoms. The van der Waals surface area contributed by atoms with Gasteiger partial charge in [-0.25, -0.2) is 0 Å². The first-order chi connectivity index (χ1) is 13.7. The number of nitrogens with one attached hydrogen (secondary N) is 2. The van der Waals surface area contributed by atoms with Crippen molar-refractivity contribution in [2.24, 2.45) is 0 Å². The predicted molar refractivity (Wildman–Crippen MR) is 115 cm³/mol. The van der Waals surface area contributed by atoms with Crippen molar-refractivity contribution >= 4 is 45.2 Å². The highest BCUT2D eigenvalue weighted by molar-refractivity contribution is 7.19. The summed E-state index contributed by atoms with van der Waals surface area (Å²) in [6.07, 6.45) is 6.43. The molecule has 1 unspecified atom stereocenters. The van der Waals surface area contributed by atoms with E-state index in [4.69, 9.17) is 11.6 Å². The molecule has 0 fully saturated rings. The van der Waals surface area contributed by atoms with Crippen LogP contribution in [-0.2, 0) is 11.2 Å². The van der Waals surface area contributed by atoms with Crippen molar-refractivity contribution in [3.05, 3.63) is 76.3 Å². The minimum absolute atomic E-state index is 0.224. The Morgan fingerprint density at radius 2 is 1.89 bits per heavy atom. The van der Waals surface area contributed by atoms with Gasteiger partial charge in [0.1, 0.15) is 0 Å². The number of anilines is 2. The van der Waals surface area contributed by atoms with E-state index < -0.39 is 0 Å². The van der Waals surface area contributed by atoms with Crippen LogP contribution in [-0.4, -0.2) is 16.1 Å². The molecule has 3 aromatic rings. The van der Waals surface area contributed by atoms with E-state index in [2.05, 4.69) is 45.1 Å². The van der Waals surface area contributed by atoms with Crippen LogP contribution in [0.2, 0.25) is 5.02 Å². The van der Waals surface area contributed by atoms with E-state index in [1.165, 1.54) is 28.5 Å². The molecule has 1 heterocycles. The molecule has 0 saturated carbocycles. The molecular formula is C21H19ClN4OS. The molecule has 1 aromatic heterocycles. The molecule has 0 bridgehead atoms. The Balaban J connectivity index is 1.39. The van der Waals surface area contributed by atoms with Gasteiger partial charge in [-0.2, -0.15) is 0 Å². The van der Waals surface area contributed by atoms with Gasteiger partial charge in [0.2, 0.25) is 16.2 Å². The van der Waals surface area contributed by atoms with Crippen molar-refractivity contribution in [1.82, 2.24) is 10.2 Å². The third kappa shape index (κ3) is 4.40. The van der Waals surface area contributed by atoms with Gasteiger partial charge < -0.3 is 5.32 Å². The molecule has 1 atom stereocenters. The average Bonchev–Trinajstić information content (AvgIpc) is 3.14. The van der Waals surface area contributed by atoms with Gasteiger partial charge in [0.25, 0.3) is 0 Å². The first-order valence-electron chi connectivity index (χ1n) is 9.10. The number of hydrogen-bond acceptors (Lipinski definition) is 5. The molecule has 1 aliphatic carbocycles. The van der Waals surface area contributed by atoms with Crippen molar-refractivity contribution in [2.45, 2.75) is 25.3 Å². The predicted octanol–water partition coefficient (Wildman–Crippen LogP) is 5.33. The number of hydrogen-bond donors (Lipinski definition) is 2. The number of benzene rings is 2. The lowest BCUT2D eigenvalue weighted by Gasteiger charge is -2.25. The zero-order valence-electron chi connectivity index (χ0n) is 15.1. The summed E-state index contributed by atoms with van der Waals surface area (Å²) >= 11 is 7.42. The number of nitrogens with zero attached hydrogens (tertiary/aromatic N) is 2. The normalized spacial score (nSPS) is 16.0. The van der Waals surface area contributed by atoms with E-state index in [9.17, 15) is 4.79 Å². The van der Waals surface area contributed by atoms with Crippen LogP contribution >= 0.6 is 22.9 Å². The molecule has 0 radical (unpaired) electrons. The molecule has 1 amide bonds. The minimum atomic E-state index is -0.273. The highest BCUT2D eigenvalue weighted by Crippen LogP contribution is 2.33. The molecule has 0 aliphatic heterocycles. The number of carbonyl (C=O) groups is 1. The average molecular weight is 411 g/mol. The van der Waals surface area contributed by atoms with Gasteiger partial charge in [0.15, 0.2) is 0 Å². The molecule has 5 nitrogen and oxygen atoms in total. The maximum atomic E-state index is 12.1. The fourth-order valence-corrected chi connectivity index (χ4v) is 4.21. The molecule has 1 aliphatic rings. The summed E-state index contributed by atoms with van der Waals surface area (Å²) in [5, 5.41) is 16.2. The van der Waals surface area contributed by atoms with Gasteiger partial charge in [0.05, 0.1) is 6.04 Å². The van der Waals surface area contributed by atoms with Crippen LogP contribution in [0.25, 0.3) is 6.08 Å². The summed E-state index contributed by atoms with van der Waals surface area (Å²) < 4.78 is 0. The quantitative estimate of drug-likeness (QED) is 0.557. The Bertz CT molecular complexity index is 1020. The zero-order chi connectivity index (χ0) is 19.3. The van der Waals surface area contributed by atoms with Crippen LogP contribution in [0.5, 0.6) is 0 Å². The fraction of sp³-hybridized carbons (Fsp3) is 0.190. The molecule has 0 spiro atoms. The first-order valence-corrected chi connectivity index (χ1v) is 10.3. The lowest BCUT2D eigenvalue weighted by atomic mass is 9.88. The van der Waals surface area contributed by atoms with Crippen molar-refractivity contribution < 1.29 is 4.79 Å². The van der Waals surface area contributed by atoms with Crippen LogP contribution in [0.15, 0.2) is 54.6 Å². The minimum Gasteiger partial charge on any atom is -0.353 e. The van der Waals surface area contributed by atoms with Crippen LogP contribution in [0.3, 0.4) is 0 Å². The summed E-state index contributed by atoms with van der Waals surface area (Å²) in [7, 11) is 0. The Labute approximate surface area is 172 Å². The van der Waals surface area contributed by atoms with Crippen LogP contribution < -0.4 is 10.6 Å². The maximum absolute atomic E-state index is 12.1. The number of halogens is 1. The van der Waals surface area contributed by atoms with Crippen LogP contribution in [0.4, 0.5) is 10.3 Å². The number of amides is 1. The van der Waals surface area contributed by atoms with Crippen molar-refractivity contribution in [3.8, 4) is 0 Å². The maximum Gasteiger partial charge on any atom is 0.250 e. The Hall–Kier alpha value is -2.70. The topological polar surface area (TPSA) is 66.9 Å². The summed E-state index contributed by atoms with van der Waals surface area (Å²) in [6, 6.07) is 16.1.